The Kier molecular flexibility index (Phi) is 5.29. The Hall–Kier alpha value is -1.05. The third-order valence-electron chi connectivity index (χ3n) is 2.88. The molecule has 2 heterocycles. The van der Waals surface area contributed by atoms with E-state index in [2.05, 4.69) is 10.3 Å². The fraction of sp³-hybridized carbons (Fsp3) is 0.714. The van der Waals surface area contributed by atoms with E-state index in [9.17, 15) is 4.79 Å². The number of nitrogens with zero attached hydrogens (tertiary/aromatic N) is 2. The molecule has 0 radical (unpaired) electrons. The predicted molar refractivity (Wildman–Crippen MR) is 84.7 cm³/mol. The van der Waals surface area contributed by atoms with Crippen LogP contribution in [0, 0.1) is 0 Å². The van der Waals surface area contributed by atoms with Crippen molar-refractivity contribution in [1.29, 1.82) is 0 Å². The molecule has 1 saturated heterocycles. The molecule has 0 aromatic carbocycles. The number of aromatic nitrogens is 2. The minimum absolute atomic E-state index is 0.0467. The van der Waals surface area contributed by atoms with Gasteiger partial charge < -0.3 is 14.8 Å². The van der Waals surface area contributed by atoms with Gasteiger partial charge in [-0.15, -0.1) is 11.8 Å². The molecule has 7 heteroatoms. The molecule has 1 fully saturated rings. The molecule has 1 aliphatic rings. The molecule has 0 bridgehead atoms. The van der Waals surface area contributed by atoms with Crippen LogP contribution in [0.4, 0.5) is 5.82 Å². The SMILES string of the molecule is CCNc1ccn([C@@H]2CSC(COC(C)(C)C)O2)c(=O)n1. The van der Waals surface area contributed by atoms with Crippen LogP contribution in [0.1, 0.15) is 33.9 Å². The van der Waals surface area contributed by atoms with E-state index in [-0.39, 0.29) is 23.0 Å². The topological polar surface area (TPSA) is 65.4 Å². The van der Waals surface area contributed by atoms with Crippen LogP contribution < -0.4 is 11.0 Å². The van der Waals surface area contributed by atoms with Gasteiger partial charge in [-0.1, -0.05) is 0 Å². The molecule has 0 amide bonds. The van der Waals surface area contributed by atoms with Crippen LogP contribution >= 0.6 is 11.8 Å². The Balaban J connectivity index is 1.96. The normalized spacial score (nSPS) is 22.5. The third-order valence-corrected chi connectivity index (χ3v) is 3.98. The predicted octanol–water partition coefficient (Wildman–Crippen LogP) is 2.08. The molecular weight excluding hydrogens is 290 g/mol. The van der Waals surface area contributed by atoms with Crippen molar-refractivity contribution in [2.45, 2.75) is 45.0 Å². The first kappa shape index (κ1) is 16.3. The zero-order valence-electron chi connectivity index (χ0n) is 13.0. The quantitative estimate of drug-likeness (QED) is 0.898. The van der Waals surface area contributed by atoms with Crippen molar-refractivity contribution >= 4 is 17.6 Å². The fourth-order valence-corrected chi connectivity index (χ4v) is 2.90. The number of nitrogens with one attached hydrogen (secondary N) is 1. The summed E-state index contributed by atoms with van der Waals surface area (Å²) in [5, 5.41) is 3.02. The van der Waals surface area contributed by atoms with Crippen LogP contribution in [0.25, 0.3) is 0 Å². The summed E-state index contributed by atoms with van der Waals surface area (Å²) in [5.41, 5.74) is -0.528. The zero-order valence-corrected chi connectivity index (χ0v) is 13.8. The van der Waals surface area contributed by atoms with Crippen molar-refractivity contribution in [3.8, 4) is 0 Å². The fourth-order valence-electron chi connectivity index (χ4n) is 1.91. The van der Waals surface area contributed by atoms with Crippen molar-refractivity contribution in [2.75, 3.05) is 24.2 Å². The lowest BCUT2D eigenvalue weighted by molar-refractivity contribution is -0.0684. The average Bonchev–Trinajstić information content (AvgIpc) is 2.85. The van der Waals surface area contributed by atoms with Gasteiger partial charge in [0.2, 0.25) is 0 Å². The number of thioether (sulfide) groups is 1. The lowest BCUT2D eigenvalue weighted by Crippen LogP contribution is -2.29. The molecule has 0 saturated carbocycles. The summed E-state index contributed by atoms with van der Waals surface area (Å²) >= 11 is 1.66. The minimum atomic E-state index is -0.295. The molecule has 1 aliphatic heterocycles. The van der Waals surface area contributed by atoms with Gasteiger partial charge in [-0.25, -0.2) is 4.79 Å². The van der Waals surface area contributed by atoms with E-state index < -0.39 is 0 Å². The minimum Gasteiger partial charge on any atom is -0.372 e. The zero-order chi connectivity index (χ0) is 15.5. The smallest absolute Gasteiger partial charge is 0.351 e. The Morgan fingerprint density at radius 2 is 2.33 bits per heavy atom. The lowest BCUT2D eigenvalue weighted by atomic mass is 10.2. The van der Waals surface area contributed by atoms with Crippen LogP contribution in [0.2, 0.25) is 0 Å². The summed E-state index contributed by atoms with van der Waals surface area (Å²) in [6, 6.07) is 1.79. The summed E-state index contributed by atoms with van der Waals surface area (Å²) < 4.78 is 13.1. The lowest BCUT2D eigenvalue weighted by Gasteiger charge is -2.22. The third kappa shape index (κ3) is 4.72. The maximum Gasteiger partial charge on any atom is 0.351 e. The van der Waals surface area contributed by atoms with Crippen molar-refractivity contribution < 1.29 is 9.47 Å². The second kappa shape index (κ2) is 6.81. The van der Waals surface area contributed by atoms with Gasteiger partial charge >= 0.3 is 5.69 Å². The molecule has 2 rings (SSSR count). The number of rotatable bonds is 5. The van der Waals surface area contributed by atoms with Gasteiger partial charge in [0.1, 0.15) is 17.5 Å². The standard InChI is InChI=1S/C14H23N3O3S/c1-5-15-10-6-7-17(13(18)16-10)11-9-21-12(20-11)8-19-14(2,3)4/h6-7,11-12H,5,8-9H2,1-4H3,(H,15,16,18)/t11-,12?/m0/s1. The van der Waals surface area contributed by atoms with Gasteiger partial charge in [0.25, 0.3) is 0 Å². The van der Waals surface area contributed by atoms with E-state index in [1.807, 2.05) is 27.7 Å². The molecule has 6 nitrogen and oxygen atoms in total. The van der Waals surface area contributed by atoms with Crippen LogP contribution in [-0.2, 0) is 9.47 Å². The number of hydrogen-bond donors (Lipinski definition) is 1. The van der Waals surface area contributed by atoms with Gasteiger partial charge in [-0.05, 0) is 33.8 Å². The summed E-state index contributed by atoms with van der Waals surface area (Å²) in [5.74, 6) is 1.32. The van der Waals surface area contributed by atoms with E-state index in [4.69, 9.17) is 9.47 Å². The maximum absolute atomic E-state index is 12.0. The Morgan fingerprint density at radius 3 is 2.95 bits per heavy atom. The second-order valence-corrected chi connectivity index (χ2v) is 7.00. The highest BCUT2D eigenvalue weighted by Crippen LogP contribution is 2.31. The van der Waals surface area contributed by atoms with Gasteiger partial charge in [0.15, 0.2) is 0 Å². The first-order valence-electron chi connectivity index (χ1n) is 7.13. The van der Waals surface area contributed by atoms with E-state index in [0.717, 1.165) is 12.3 Å². The highest BCUT2D eigenvalue weighted by atomic mass is 32.2. The van der Waals surface area contributed by atoms with Gasteiger partial charge in [-0.3, -0.25) is 4.57 Å². The molecule has 2 atom stereocenters. The molecule has 1 aromatic heterocycles. The van der Waals surface area contributed by atoms with Crippen molar-refractivity contribution in [2.24, 2.45) is 0 Å². The number of hydrogen-bond acceptors (Lipinski definition) is 6. The van der Waals surface area contributed by atoms with E-state index >= 15 is 0 Å². The van der Waals surface area contributed by atoms with Crippen LogP contribution in [0.3, 0.4) is 0 Å². The Morgan fingerprint density at radius 1 is 1.57 bits per heavy atom. The van der Waals surface area contributed by atoms with Gasteiger partial charge in [0, 0.05) is 18.5 Å². The summed E-state index contributed by atoms with van der Waals surface area (Å²) in [7, 11) is 0. The largest absolute Gasteiger partial charge is 0.372 e. The summed E-state index contributed by atoms with van der Waals surface area (Å²) in [4.78, 5) is 16.0. The van der Waals surface area contributed by atoms with Gasteiger partial charge in [-0.2, -0.15) is 4.98 Å². The molecule has 0 aliphatic carbocycles. The van der Waals surface area contributed by atoms with Gasteiger partial charge in [0.05, 0.1) is 12.2 Å². The molecule has 1 unspecified atom stereocenters. The summed E-state index contributed by atoms with van der Waals surface area (Å²) in [6.45, 7) is 9.25. The van der Waals surface area contributed by atoms with Crippen molar-refractivity contribution in [3.63, 3.8) is 0 Å². The number of ether oxygens (including phenoxy) is 2. The first-order valence-corrected chi connectivity index (χ1v) is 8.18. The van der Waals surface area contributed by atoms with Crippen LogP contribution in [0.5, 0.6) is 0 Å². The van der Waals surface area contributed by atoms with E-state index in [1.165, 1.54) is 4.57 Å². The molecule has 0 spiro atoms. The molecule has 21 heavy (non-hydrogen) atoms. The van der Waals surface area contributed by atoms with Crippen LogP contribution in [-0.4, -0.2) is 39.5 Å². The monoisotopic (exact) mass is 313 g/mol. The maximum atomic E-state index is 12.0. The highest BCUT2D eigenvalue weighted by Gasteiger charge is 2.29. The highest BCUT2D eigenvalue weighted by molar-refractivity contribution is 8.00. The van der Waals surface area contributed by atoms with E-state index in [0.29, 0.717) is 12.4 Å². The van der Waals surface area contributed by atoms with E-state index in [1.54, 1.807) is 24.0 Å². The first-order chi connectivity index (χ1) is 9.89. The molecular formula is C14H23N3O3S. The average molecular weight is 313 g/mol. The molecule has 1 N–H and O–H groups in total. The summed E-state index contributed by atoms with van der Waals surface area (Å²) in [6.07, 6.45) is 1.45. The van der Waals surface area contributed by atoms with Crippen molar-refractivity contribution in [1.82, 2.24) is 9.55 Å². The Labute approximate surface area is 129 Å². The van der Waals surface area contributed by atoms with Crippen molar-refractivity contribution in [3.05, 3.63) is 22.7 Å². The second-order valence-electron chi connectivity index (χ2n) is 5.81. The number of anilines is 1. The molecule has 118 valence electrons. The van der Waals surface area contributed by atoms with Crippen LogP contribution in [0.15, 0.2) is 17.1 Å². The molecule has 1 aromatic rings. The Bertz CT molecular complexity index is 527.